The monoisotopic (exact) mass is 388 g/mol. The summed E-state index contributed by atoms with van der Waals surface area (Å²) in [6.45, 7) is 2.75. The summed E-state index contributed by atoms with van der Waals surface area (Å²) in [6.07, 6.45) is 0.818. The van der Waals surface area contributed by atoms with E-state index >= 15 is 0 Å². The highest BCUT2D eigenvalue weighted by Crippen LogP contribution is 2.32. The Kier molecular flexibility index (Phi) is 6.02. The first-order valence-corrected chi connectivity index (χ1v) is 8.74. The number of hydrogen-bond acceptors (Lipinski definition) is 3. The van der Waals surface area contributed by atoms with Gasteiger partial charge in [0.15, 0.2) is 0 Å². The number of morpholine rings is 1. The first-order chi connectivity index (χ1) is 13.3. The van der Waals surface area contributed by atoms with Crippen LogP contribution in [-0.2, 0) is 17.5 Å². The number of ether oxygens (including phenoxy) is 1. The van der Waals surface area contributed by atoms with E-state index < -0.39 is 17.6 Å². The maximum atomic E-state index is 13.3. The molecule has 7 heteroatoms. The van der Waals surface area contributed by atoms with Gasteiger partial charge in [-0.2, -0.15) is 13.2 Å². The van der Waals surface area contributed by atoms with Crippen LogP contribution in [0.2, 0.25) is 0 Å². The summed E-state index contributed by atoms with van der Waals surface area (Å²) in [6, 6.07) is 9.97. The fourth-order valence-electron chi connectivity index (χ4n) is 2.99. The third-order valence-corrected chi connectivity index (χ3v) is 4.38. The Balaban J connectivity index is 1.85. The van der Waals surface area contributed by atoms with E-state index in [9.17, 15) is 18.0 Å². The number of terminal acetylenes is 1. The Morgan fingerprint density at radius 2 is 1.93 bits per heavy atom. The standard InChI is InChI=1S/C21H19F3N2O2/c1-2-15-4-3-5-17(10-15)20(27)25-19-12-16(11-18(13-19)21(22,23)24)14-26-6-8-28-9-7-26/h1,3-5,10-13H,6-9,14H2,(H,25,27). The summed E-state index contributed by atoms with van der Waals surface area (Å²) < 4.78 is 45.2. The van der Waals surface area contributed by atoms with Crippen molar-refractivity contribution in [1.29, 1.82) is 0 Å². The average molecular weight is 388 g/mol. The van der Waals surface area contributed by atoms with Gasteiger partial charge in [0.05, 0.1) is 18.8 Å². The van der Waals surface area contributed by atoms with Crippen LogP contribution in [0.15, 0.2) is 42.5 Å². The number of anilines is 1. The molecule has 3 rings (SSSR count). The van der Waals surface area contributed by atoms with Crippen LogP contribution in [0.5, 0.6) is 0 Å². The molecule has 0 saturated carbocycles. The van der Waals surface area contributed by atoms with Crippen LogP contribution in [0.4, 0.5) is 18.9 Å². The molecule has 1 fully saturated rings. The molecule has 1 amide bonds. The molecular formula is C21H19F3N2O2. The molecule has 0 aromatic heterocycles. The average Bonchev–Trinajstić information content (AvgIpc) is 2.68. The van der Waals surface area contributed by atoms with Gasteiger partial charge in [0.1, 0.15) is 0 Å². The molecule has 0 spiro atoms. The third-order valence-electron chi connectivity index (χ3n) is 4.38. The Labute approximate surface area is 161 Å². The van der Waals surface area contributed by atoms with Gasteiger partial charge < -0.3 is 10.1 Å². The number of hydrogen-bond donors (Lipinski definition) is 1. The predicted molar refractivity (Wildman–Crippen MR) is 99.9 cm³/mol. The van der Waals surface area contributed by atoms with Gasteiger partial charge in [-0.1, -0.05) is 12.0 Å². The second kappa shape index (κ2) is 8.46. The molecule has 146 valence electrons. The lowest BCUT2D eigenvalue weighted by molar-refractivity contribution is -0.137. The molecule has 0 bridgehead atoms. The van der Waals surface area contributed by atoms with Crippen molar-refractivity contribution in [2.75, 3.05) is 31.6 Å². The smallest absolute Gasteiger partial charge is 0.379 e. The molecule has 0 aliphatic carbocycles. The molecule has 2 aromatic carbocycles. The zero-order valence-corrected chi connectivity index (χ0v) is 15.1. The quantitative estimate of drug-likeness (QED) is 0.811. The normalized spacial score (nSPS) is 15.1. The largest absolute Gasteiger partial charge is 0.416 e. The Bertz CT molecular complexity index is 897. The molecule has 0 radical (unpaired) electrons. The van der Waals surface area contributed by atoms with Crippen molar-refractivity contribution in [2.24, 2.45) is 0 Å². The van der Waals surface area contributed by atoms with E-state index in [-0.39, 0.29) is 11.3 Å². The number of nitrogens with zero attached hydrogens (tertiary/aromatic N) is 1. The van der Waals surface area contributed by atoms with Gasteiger partial charge >= 0.3 is 6.18 Å². The first kappa shape index (κ1) is 19.9. The number of rotatable bonds is 4. The highest BCUT2D eigenvalue weighted by atomic mass is 19.4. The van der Waals surface area contributed by atoms with Crippen LogP contribution in [0.3, 0.4) is 0 Å². The van der Waals surface area contributed by atoms with E-state index in [4.69, 9.17) is 11.2 Å². The van der Waals surface area contributed by atoms with Crippen molar-refractivity contribution in [3.63, 3.8) is 0 Å². The summed E-state index contributed by atoms with van der Waals surface area (Å²) in [4.78, 5) is 14.5. The highest BCUT2D eigenvalue weighted by molar-refractivity contribution is 6.04. The van der Waals surface area contributed by atoms with E-state index in [1.54, 1.807) is 24.3 Å². The molecular weight excluding hydrogens is 369 g/mol. The van der Waals surface area contributed by atoms with E-state index in [1.165, 1.54) is 6.07 Å². The van der Waals surface area contributed by atoms with Crippen molar-refractivity contribution in [2.45, 2.75) is 12.7 Å². The molecule has 0 unspecified atom stereocenters. The maximum Gasteiger partial charge on any atom is 0.416 e. The highest BCUT2D eigenvalue weighted by Gasteiger charge is 2.31. The Hall–Kier alpha value is -2.82. The SMILES string of the molecule is C#Cc1cccc(C(=O)Nc2cc(CN3CCOCC3)cc(C(F)(F)F)c2)c1. The number of nitrogens with one attached hydrogen (secondary N) is 1. The van der Waals surface area contributed by atoms with Gasteiger partial charge in [-0.25, -0.2) is 0 Å². The molecule has 1 aliphatic heterocycles. The molecule has 1 N–H and O–H groups in total. The number of carbonyl (C=O) groups is 1. The summed E-state index contributed by atoms with van der Waals surface area (Å²) in [5.74, 6) is 1.91. The second-order valence-corrected chi connectivity index (χ2v) is 6.48. The molecule has 1 saturated heterocycles. The van der Waals surface area contributed by atoms with E-state index in [0.717, 1.165) is 12.1 Å². The van der Waals surface area contributed by atoms with Gasteiger partial charge in [-0.3, -0.25) is 9.69 Å². The zero-order valence-electron chi connectivity index (χ0n) is 15.1. The van der Waals surface area contributed by atoms with E-state index in [1.807, 2.05) is 4.90 Å². The lowest BCUT2D eigenvalue weighted by Gasteiger charge is -2.27. The van der Waals surface area contributed by atoms with Gasteiger partial charge in [0, 0.05) is 36.4 Å². The minimum absolute atomic E-state index is 0.0918. The minimum atomic E-state index is -4.51. The summed E-state index contributed by atoms with van der Waals surface area (Å²) in [5, 5.41) is 2.55. The lowest BCUT2D eigenvalue weighted by Crippen LogP contribution is -2.35. The van der Waals surface area contributed by atoms with Crippen LogP contribution in [0, 0.1) is 12.3 Å². The van der Waals surface area contributed by atoms with Gasteiger partial charge in [0.25, 0.3) is 5.91 Å². The lowest BCUT2D eigenvalue weighted by atomic mass is 10.1. The van der Waals surface area contributed by atoms with Crippen LogP contribution < -0.4 is 5.32 Å². The zero-order chi connectivity index (χ0) is 20.1. The number of amides is 1. The maximum absolute atomic E-state index is 13.3. The van der Waals surface area contributed by atoms with Crippen molar-refractivity contribution in [1.82, 2.24) is 4.90 Å². The molecule has 4 nitrogen and oxygen atoms in total. The van der Waals surface area contributed by atoms with Crippen molar-refractivity contribution in [3.05, 3.63) is 64.7 Å². The number of halogens is 3. The number of benzene rings is 2. The first-order valence-electron chi connectivity index (χ1n) is 8.74. The number of alkyl halides is 3. The molecule has 28 heavy (non-hydrogen) atoms. The van der Waals surface area contributed by atoms with Crippen LogP contribution in [0.1, 0.15) is 27.0 Å². The van der Waals surface area contributed by atoms with Crippen LogP contribution >= 0.6 is 0 Å². The summed E-state index contributed by atoms with van der Waals surface area (Å²) >= 11 is 0. The summed E-state index contributed by atoms with van der Waals surface area (Å²) in [5.41, 5.74) is 0.567. The molecule has 0 atom stereocenters. The third kappa shape index (κ3) is 5.12. The van der Waals surface area contributed by atoms with E-state index in [0.29, 0.717) is 44.0 Å². The Morgan fingerprint density at radius 3 is 2.61 bits per heavy atom. The fraction of sp³-hybridized carbons (Fsp3) is 0.286. The molecule has 1 aliphatic rings. The second-order valence-electron chi connectivity index (χ2n) is 6.48. The summed E-state index contributed by atoms with van der Waals surface area (Å²) in [7, 11) is 0. The number of carbonyl (C=O) groups excluding carboxylic acids is 1. The van der Waals surface area contributed by atoms with Crippen LogP contribution in [0.25, 0.3) is 0 Å². The van der Waals surface area contributed by atoms with Gasteiger partial charge in [-0.15, -0.1) is 6.42 Å². The predicted octanol–water partition coefficient (Wildman–Crippen LogP) is 3.77. The topological polar surface area (TPSA) is 41.6 Å². The van der Waals surface area contributed by atoms with Gasteiger partial charge in [0.2, 0.25) is 0 Å². The van der Waals surface area contributed by atoms with Crippen molar-refractivity contribution in [3.8, 4) is 12.3 Å². The Morgan fingerprint density at radius 1 is 1.18 bits per heavy atom. The molecule has 1 heterocycles. The minimum Gasteiger partial charge on any atom is -0.379 e. The van der Waals surface area contributed by atoms with Crippen molar-refractivity contribution < 1.29 is 22.7 Å². The molecule has 2 aromatic rings. The van der Waals surface area contributed by atoms with E-state index in [2.05, 4.69) is 11.2 Å². The fourth-order valence-corrected chi connectivity index (χ4v) is 2.99. The van der Waals surface area contributed by atoms with Crippen LogP contribution in [-0.4, -0.2) is 37.1 Å². The van der Waals surface area contributed by atoms with Gasteiger partial charge in [-0.05, 0) is 42.0 Å². The van der Waals surface area contributed by atoms with Crippen molar-refractivity contribution >= 4 is 11.6 Å².